The van der Waals surface area contributed by atoms with Crippen LogP contribution in [-0.4, -0.2) is 62.2 Å². The highest BCUT2D eigenvalue weighted by atomic mass is 16.7. The minimum Gasteiger partial charge on any atom is -0.497 e. The van der Waals surface area contributed by atoms with Gasteiger partial charge >= 0.3 is 0 Å². The molecule has 2 saturated heterocycles. The van der Waals surface area contributed by atoms with Crippen molar-refractivity contribution in [1.29, 1.82) is 0 Å². The number of carbonyl (C=O) groups excluding carboxylic acids is 1. The summed E-state index contributed by atoms with van der Waals surface area (Å²) in [6, 6.07) is 5.40. The Labute approximate surface area is 180 Å². The largest absolute Gasteiger partial charge is 0.497 e. The molecule has 2 aliphatic rings. The van der Waals surface area contributed by atoms with Gasteiger partial charge < -0.3 is 34.9 Å². The molecule has 10 nitrogen and oxygen atoms in total. The van der Waals surface area contributed by atoms with Gasteiger partial charge in [0, 0.05) is 50.3 Å². The predicted octanol–water partition coefficient (Wildman–Crippen LogP) is 1.35. The van der Waals surface area contributed by atoms with Gasteiger partial charge in [-0.2, -0.15) is 4.98 Å². The van der Waals surface area contributed by atoms with Gasteiger partial charge in [-0.1, -0.05) is 0 Å². The molecule has 2 aromatic rings. The highest BCUT2D eigenvalue weighted by molar-refractivity contribution is 5.98. The zero-order chi connectivity index (χ0) is 21.8. The normalized spacial score (nSPS) is 17.5. The number of anilines is 2. The van der Waals surface area contributed by atoms with E-state index >= 15 is 0 Å². The third-order valence-electron chi connectivity index (χ3n) is 5.61. The zero-order valence-corrected chi connectivity index (χ0v) is 17.7. The van der Waals surface area contributed by atoms with Gasteiger partial charge in [0.1, 0.15) is 17.3 Å². The first-order valence-corrected chi connectivity index (χ1v) is 10.2. The number of rotatable bonds is 6. The molecular weight excluding hydrogens is 402 g/mol. The van der Waals surface area contributed by atoms with Crippen molar-refractivity contribution in [3.63, 3.8) is 0 Å². The van der Waals surface area contributed by atoms with Crippen molar-refractivity contribution in [2.24, 2.45) is 0 Å². The van der Waals surface area contributed by atoms with Crippen LogP contribution in [0.15, 0.2) is 24.4 Å². The molecule has 1 aromatic carbocycles. The standard InChI is InChI=1S/C21H27N5O5/c1-28-15-4-3-14(17(11-15)29-2)12-23-19(27)16-13-24-20(25-18(16)22)26-7-5-21(6-8-26)30-9-10-31-21/h3-4,11,13H,5-10,12H2,1-2H3,(H,23,27)(H2,22,24,25). The van der Waals surface area contributed by atoms with Crippen molar-refractivity contribution in [3.05, 3.63) is 35.5 Å². The summed E-state index contributed by atoms with van der Waals surface area (Å²) in [4.78, 5) is 23.4. The van der Waals surface area contributed by atoms with Gasteiger partial charge in [-0.05, 0) is 12.1 Å². The molecule has 31 heavy (non-hydrogen) atoms. The second-order valence-electron chi connectivity index (χ2n) is 7.42. The van der Waals surface area contributed by atoms with Crippen LogP contribution in [0.4, 0.5) is 11.8 Å². The number of nitrogens with zero attached hydrogens (tertiary/aromatic N) is 3. The van der Waals surface area contributed by atoms with Gasteiger partial charge in [0.25, 0.3) is 5.91 Å². The van der Waals surface area contributed by atoms with Gasteiger partial charge in [0.05, 0.1) is 33.0 Å². The molecule has 0 saturated carbocycles. The Morgan fingerprint density at radius 2 is 1.97 bits per heavy atom. The first-order valence-electron chi connectivity index (χ1n) is 10.2. The molecule has 10 heteroatoms. The first kappa shape index (κ1) is 21.1. The number of piperidine rings is 1. The summed E-state index contributed by atoms with van der Waals surface area (Å²) in [6.07, 6.45) is 2.94. The lowest BCUT2D eigenvalue weighted by molar-refractivity contribution is -0.169. The van der Waals surface area contributed by atoms with E-state index in [1.54, 1.807) is 26.4 Å². The number of hydrogen-bond donors (Lipinski definition) is 2. The molecule has 2 fully saturated rings. The summed E-state index contributed by atoms with van der Waals surface area (Å²) >= 11 is 0. The van der Waals surface area contributed by atoms with E-state index in [2.05, 4.69) is 15.3 Å². The molecule has 1 amide bonds. The van der Waals surface area contributed by atoms with E-state index in [4.69, 9.17) is 24.7 Å². The predicted molar refractivity (Wildman–Crippen MR) is 113 cm³/mol. The summed E-state index contributed by atoms with van der Waals surface area (Å²) in [6.45, 7) is 2.93. The molecule has 0 radical (unpaired) electrons. The number of methoxy groups -OCH3 is 2. The molecule has 166 valence electrons. The van der Waals surface area contributed by atoms with Crippen LogP contribution in [0.2, 0.25) is 0 Å². The zero-order valence-electron chi connectivity index (χ0n) is 17.7. The number of amides is 1. The molecule has 2 aliphatic heterocycles. The van der Waals surface area contributed by atoms with Crippen LogP contribution in [-0.2, 0) is 16.0 Å². The highest BCUT2D eigenvalue weighted by Crippen LogP contribution is 2.32. The SMILES string of the molecule is COc1ccc(CNC(=O)c2cnc(N3CCC4(CC3)OCCO4)nc2N)c(OC)c1. The van der Waals surface area contributed by atoms with E-state index in [1.807, 2.05) is 11.0 Å². The number of nitrogens with two attached hydrogens (primary N) is 1. The average molecular weight is 429 g/mol. The molecule has 0 unspecified atom stereocenters. The minimum atomic E-state index is -0.468. The third kappa shape index (κ3) is 4.49. The highest BCUT2D eigenvalue weighted by Gasteiger charge is 2.40. The fourth-order valence-corrected chi connectivity index (χ4v) is 3.81. The maximum atomic E-state index is 12.6. The fraction of sp³-hybridized carbons (Fsp3) is 0.476. The van der Waals surface area contributed by atoms with Crippen LogP contribution in [0.1, 0.15) is 28.8 Å². The van der Waals surface area contributed by atoms with Crippen molar-refractivity contribution >= 4 is 17.7 Å². The Morgan fingerprint density at radius 3 is 2.61 bits per heavy atom. The van der Waals surface area contributed by atoms with Crippen molar-refractivity contribution < 1.29 is 23.7 Å². The molecule has 0 atom stereocenters. The Kier molecular flexibility index (Phi) is 6.10. The van der Waals surface area contributed by atoms with E-state index in [0.29, 0.717) is 43.8 Å². The number of ether oxygens (including phenoxy) is 4. The smallest absolute Gasteiger partial charge is 0.256 e. The van der Waals surface area contributed by atoms with Gasteiger partial charge in [-0.15, -0.1) is 0 Å². The number of carbonyl (C=O) groups is 1. The molecule has 3 heterocycles. The number of nitrogens with one attached hydrogen (secondary N) is 1. The van der Waals surface area contributed by atoms with E-state index in [0.717, 1.165) is 18.4 Å². The summed E-state index contributed by atoms with van der Waals surface area (Å²) in [5.74, 6) is 1.11. The van der Waals surface area contributed by atoms with Gasteiger partial charge in [0.2, 0.25) is 5.95 Å². The first-order chi connectivity index (χ1) is 15.0. The van der Waals surface area contributed by atoms with E-state index in [9.17, 15) is 4.79 Å². The maximum Gasteiger partial charge on any atom is 0.256 e. The Bertz CT molecular complexity index is 938. The molecule has 1 aromatic heterocycles. The maximum absolute atomic E-state index is 12.6. The Balaban J connectivity index is 1.38. The van der Waals surface area contributed by atoms with Crippen LogP contribution in [0.3, 0.4) is 0 Å². The van der Waals surface area contributed by atoms with Crippen LogP contribution in [0.25, 0.3) is 0 Å². The van der Waals surface area contributed by atoms with Crippen LogP contribution in [0, 0.1) is 0 Å². The summed E-state index contributed by atoms with van der Waals surface area (Å²) < 4.78 is 22.1. The lowest BCUT2D eigenvalue weighted by Gasteiger charge is -2.37. The molecule has 3 N–H and O–H groups in total. The Morgan fingerprint density at radius 1 is 1.23 bits per heavy atom. The van der Waals surface area contributed by atoms with E-state index in [1.165, 1.54) is 6.20 Å². The summed E-state index contributed by atoms with van der Waals surface area (Å²) in [5, 5.41) is 2.83. The van der Waals surface area contributed by atoms with E-state index < -0.39 is 5.79 Å². The molecule has 1 spiro atoms. The minimum absolute atomic E-state index is 0.137. The van der Waals surface area contributed by atoms with E-state index in [-0.39, 0.29) is 23.8 Å². The second kappa shape index (κ2) is 8.94. The number of benzene rings is 1. The lowest BCUT2D eigenvalue weighted by atomic mass is 10.0. The van der Waals surface area contributed by atoms with Crippen molar-refractivity contribution in [1.82, 2.24) is 15.3 Å². The molecule has 4 rings (SSSR count). The quantitative estimate of drug-likeness (QED) is 0.701. The van der Waals surface area contributed by atoms with Gasteiger partial charge in [-0.3, -0.25) is 4.79 Å². The topological polar surface area (TPSA) is 121 Å². The van der Waals surface area contributed by atoms with Crippen molar-refractivity contribution in [2.45, 2.75) is 25.2 Å². The summed E-state index contributed by atoms with van der Waals surface area (Å²) in [5.41, 5.74) is 7.12. The van der Waals surface area contributed by atoms with Crippen LogP contribution >= 0.6 is 0 Å². The molecular formula is C21H27N5O5. The second-order valence-corrected chi connectivity index (χ2v) is 7.42. The van der Waals surface area contributed by atoms with Crippen molar-refractivity contribution in [2.75, 3.05) is 51.2 Å². The van der Waals surface area contributed by atoms with Crippen molar-refractivity contribution in [3.8, 4) is 11.5 Å². The lowest BCUT2D eigenvalue weighted by Crippen LogP contribution is -2.45. The molecule has 0 aliphatic carbocycles. The monoisotopic (exact) mass is 429 g/mol. The summed E-state index contributed by atoms with van der Waals surface area (Å²) in [7, 11) is 3.15. The Hall–Kier alpha value is -3.11. The van der Waals surface area contributed by atoms with Gasteiger partial charge in [0.15, 0.2) is 5.79 Å². The van der Waals surface area contributed by atoms with Gasteiger partial charge in [-0.25, -0.2) is 4.98 Å². The van der Waals surface area contributed by atoms with Crippen LogP contribution in [0.5, 0.6) is 11.5 Å². The number of hydrogen-bond acceptors (Lipinski definition) is 9. The third-order valence-corrected chi connectivity index (χ3v) is 5.61. The molecule has 0 bridgehead atoms. The average Bonchev–Trinajstić information content (AvgIpc) is 3.25. The van der Waals surface area contributed by atoms with Crippen LogP contribution < -0.4 is 25.4 Å². The number of aromatic nitrogens is 2. The number of nitrogen functional groups attached to an aromatic ring is 1. The fourth-order valence-electron chi connectivity index (χ4n) is 3.81.